The van der Waals surface area contributed by atoms with Crippen LogP contribution in [0.5, 0.6) is 0 Å². The molecule has 0 radical (unpaired) electrons. The Morgan fingerprint density at radius 3 is 1.83 bits per heavy atom. The van der Waals surface area contributed by atoms with Gasteiger partial charge in [-0.2, -0.15) is 0 Å². The van der Waals surface area contributed by atoms with Crippen molar-refractivity contribution in [1.82, 2.24) is 0 Å². The van der Waals surface area contributed by atoms with Crippen LogP contribution in [0.15, 0.2) is 11.6 Å². The minimum atomic E-state index is -0.988. The Hall–Kier alpha value is -1.36. The Morgan fingerprint density at radius 1 is 0.828 bits per heavy atom. The van der Waals surface area contributed by atoms with Crippen LogP contribution >= 0.6 is 0 Å². The van der Waals surface area contributed by atoms with E-state index in [-0.39, 0.29) is 19.2 Å². The fourth-order valence-corrected chi connectivity index (χ4v) is 2.95. The smallest absolute Gasteiger partial charge is 0.333 e. The Kier molecular flexibility index (Phi) is 17.8. The molecule has 170 valence electrons. The largest absolute Gasteiger partial charge is 0.463 e. The number of aliphatic hydroxyl groups is 1. The average molecular weight is 413 g/mol. The second-order valence-electron chi connectivity index (χ2n) is 8.38. The molecule has 5 heteroatoms. The predicted octanol–water partition coefficient (Wildman–Crippen LogP) is 5.74. The van der Waals surface area contributed by atoms with Crippen LogP contribution in [0.25, 0.3) is 0 Å². The van der Waals surface area contributed by atoms with Crippen molar-refractivity contribution in [1.29, 1.82) is 0 Å². The van der Waals surface area contributed by atoms with Gasteiger partial charge >= 0.3 is 11.9 Å². The van der Waals surface area contributed by atoms with Gasteiger partial charge < -0.3 is 14.6 Å². The molecule has 0 saturated heterocycles. The van der Waals surface area contributed by atoms with Crippen LogP contribution in [-0.2, 0) is 19.1 Å². The summed E-state index contributed by atoms with van der Waals surface area (Å²) < 4.78 is 9.96. The van der Waals surface area contributed by atoms with E-state index < -0.39 is 12.1 Å². The highest BCUT2D eigenvalue weighted by Crippen LogP contribution is 2.14. The highest BCUT2D eigenvalue weighted by atomic mass is 16.6. The highest BCUT2D eigenvalue weighted by Gasteiger charge is 2.12. The van der Waals surface area contributed by atoms with Gasteiger partial charge in [0.25, 0.3) is 0 Å². The molecular weight excluding hydrogens is 368 g/mol. The minimum absolute atomic E-state index is 0.141. The van der Waals surface area contributed by atoms with Crippen molar-refractivity contribution >= 4 is 11.9 Å². The van der Waals surface area contributed by atoms with Crippen molar-refractivity contribution in [3.8, 4) is 0 Å². The van der Waals surface area contributed by atoms with Gasteiger partial charge in [0.1, 0.15) is 19.3 Å². The monoisotopic (exact) mass is 412 g/mol. The first kappa shape index (κ1) is 27.6. The molecule has 0 aromatic heterocycles. The van der Waals surface area contributed by atoms with Crippen LogP contribution in [0.2, 0.25) is 0 Å². The molecule has 1 N–H and O–H groups in total. The van der Waals surface area contributed by atoms with E-state index in [1.54, 1.807) is 19.9 Å². The Bertz CT molecular complexity index is 456. The molecule has 0 unspecified atom stereocenters. The number of hydrogen-bond donors (Lipinski definition) is 1. The third-order valence-electron chi connectivity index (χ3n) is 5.01. The summed E-state index contributed by atoms with van der Waals surface area (Å²) in [5.41, 5.74) is 0.482. The zero-order valence-corrected chi connectivity index (χ0v) is 19.2. The first-order valence-corrected chi connectivity index (χ1v) is 11.5. The molecule has 0 fully saturated rings. The van der Waals surface area contributed by atoms with Crippen molar-refractivity contribution in [3.05, 3.63) is 11.6 Å². The fourth-order valence-electron chi connectivity index (χ4n) is 2.95. The van der Waals surface area contributed by atoms with Crippen molar-refractivity contribution in [2.24, 2.45) is 5.92 Å². The van der Waals surface area contributed by atoms with Gasteiger partial charge in [-0.25, -0.2) is 4.79 Å². The van der Waals surface area contributed by atoms with E-state index in [0.29, 0.717) is 12.0 Å². The number of hydrogen-bond acceptors (Lipinski definition) is 5. The minimum Gasteiger partial charge on any atom is -0.463 e. The molecule has 0 aliphatic rings. The fraction of sp³-hybridized carbons (Fsp3) is 0.833. The Labute approximate surface area is 178 Å². The zero-order chi connectivity index (χ0) is 21.9. The maximum absolute atomic E-state index is 11.7. The second-order valence-corrected chi connectivity index (χ2v) is 8.38. The van der Waals surface area contributed by atoms with Gasteiger partial charge in [0, 0.05) is 12.0 Å². The first-order chi connectivity index (χ1) is 13.9. The number of ether oxygens (including phenoxy) is 2. The Morgan fingerprint density at radius 2 is 1.31 bits per heavy atom. The molecule has 0 spiro atoms. The summed E-state index contributed by atoms with van der Waals surface area (Å²) in [4.78, 5) is 23.1. The summed E-state index contributed by atoms with van der Waals surface area (Å²) in [6, 6.07) is 0. The lowest BCUT2D eigenvalue weighted by Gasteiger charge is -2.12. The number of allylic oxidation sites excluding steroid dienone is 1. The van der Waals surface area contributed by atoms with E-state index in [4.69, 9.17) is 9.47 Å². The summed E-state index contributed by atoms with van der Waals surface area (Å²) >= 11 is 0. The van der Waals surface area contributed by atoms with Crippen LogP contribution in [0, 0.1) is 5.92 Å². The third kappa shape index (κ3) is 18.4. The molecule has 1 atom stereocenters. The molecule has 5 nitrogen and oxygen atoms in total. The van der Waals surface area contributed by atoms with Gasteiger partial charge in [0.15, 0.2) is 0 Å². The number of aliphatic hydroxyl groups excluding tert-OH is 1. The van der Waals surface area contributed by atoms with Crippen LogP contribution < -0.4 is 0 Å². The summed E-state index contributed by atoms with van der Waals surface area (Å²) in [6.45, 7) is 7.65. The lowest BCUT2D eigenvalue weighted by Crippen LogP contribution is -2.25. The standard InChI is InChI=1S/C24H44O5/c1-5-21(4)24(27)29-19-22(25)18-28-23(26)17-15-13-11-9-7-6-8-10-12-14-16-20(2)3/h5,20,22,25H,6-19H2,1-4H3/b21-5+/t22-/m0/s1. The molecule has 0 aliphatic carbocycles. The first-order valence-electron chi connectivity index (χ1n) is 11.5. The quantitative estimate of drug-likeness (QED) is 0.177. The number of esters is 2. The lowest BCUT2D eigenvalue weighted by atomic mass is 10.0. The van der Waals surface area contributed by atoms with Crippen molar-refractivity contribution in [3.63, 3.8) is 0 Å². The van der Waals surface area contributed by atoms with E-state index in [2.05, 4.69) is 13.8 Å². The molecule has 0 bridgehead atoms. The molecular formula is C24H44O5. The number of unbranched alkanes of at least 4 members (excludes halogenated alkanes) is 9. The van der Waals surface area contributed by atoms with E-state index in [1.807, 2.05) is 0 Å². The second kappa shape index (κ2) is 18.7. The topological polar surface area (TPSA) is 72.8 Å². The predicted molar refractivity (Wildman–Crippen MR) is 118 cm³/mol. The average Bonchev–Trinajstić information content (AvgIpc) is 2.70. The van der Waals surface area contributed by atoms with E-state index >= 15 is 0 Å². The molecule has 0 saturated carbocycles. The van der Waals surface area contributed by atoms with Crippen LogP contribution in [0.4, 0.5) is 0 Å². The number of rotatable bonds is 18. The van der Waals surface area contributed by atoms with Crippen molar-refractivity contribution in [2.45, 2.75) is 111 Å². The van der Waals surface area contributed by atoms with Gasteiger partial charge in [0.2, 0.25) is 0 Å². The van der Waals surface area contributed by atoms with Gasteiger partial charge in [-0.3, -0.25) is 4.79 Å². The summed E-state index contributed by atoms with van der Waals surface area (Å²) in [6.07, 6.45) is 14.7. The summed E-state index contributed by atoms with van der Waals surface area (Å²) in [7, 11) is 0. The van der Waals surface area contributed by atoms with Gasteiger partial charge in [-0.15, -0.1) is 0 Å². The highest BCUT2D eigenvalue weighted by molar-refractivity contribution is 5.87. The summed E-state index contributed by atoms with van der Waals surface area (Å²) in [5.74, 6) is 0.0555. The SMILES string of the molecule is C/C=C(\C)C(=O)OC[C@@H](O)COC(=O)CCCCCCCCCCCCC(C)C. The van der Waals surface area contributed by atoms with Crippen molar-refractivity contribution in [2.75, 3.05) is 13.2 Å². The normalized spacial score (nSPS) is 12.8. The van der Waals surface area contributed by atoms with E-state index in [1.165, 1.54) is 51.4 Å². The molecule has 0 heterocycles. The van der Waals surface area contributed by atoms with E-state index in [9.17, 15) is 14.7 Å². The van der Waals surface area contributed by atoms with E-state index in [0.717, 1.165) is 25.2 Å². The maximum atomic E-state index is 11.7. The molecule has 0 aromatic carbocycles. The molecule has 0 amide bonds. The maximum Gasteiger partial charge on any atom is 0.333 e. The molecule has 0 rings (SSSR count). The zero-order valence-electron chi connectivity index (χ0n) is 19.2. The van der Waals surface area contributed by atoms with Crippen molar-refractivity contribution < 1.29 is 24.2 Å². The van der Waals surface area contributed by atoms with Crippen LogP contribution in [0.3, 0.4) is 0 Å². The van der Waals surface area contributed by atoms with Crippen LogP contribution in [-0.4, -0.2) is 36.4 Å². The molecule has 0 aromatic rings. The number of carbonyl (C=O) groups excluding carboxylic acids is 2. The molecule has 29 heavy (non-hydrogen) atoms. The lowest BCUT2D eigenvalue weighted by molar-refractivity contribution is -0.150. The van der Waals surface area contributed by atoms with Gasteiger partial charge in [0.05, 0.1) is 0 Å². The molecule has 0 aliphatic heterocycles. The Balaban J connectivity index is 3.44. The summed E-state index contributed by atoms with van der Waals surface area (Å²) in [5, 5.41) is 9.71. The third-order valence-corrected chi connectivity index (χ3v) is 5.01. The van der Waals surface area contributed by atoms with Gasteiger partial charge in [-0.05, 0) is 26.2 Å². The van der Waals surface area contributed by atoms with Crippen LogP contribution in [0.1, 0.15) is 105 Å². The number of carbonyl (C=O) groups is 2. The van der Waals surface area contributed by atoms with Gasteiger partial charge in [-0.1, -0.05) is 84.1 Å².